The van der Waals surface area contributed by atoms with Crippen LogP contribution in [0.4, 0.5) is 0 Å². The first-order valence-corrected chi connectivity index (χ1v) is 8.46. The minimum atomic E-state index is -0.975. The Balaban J connectivity index is 3.48. The Morgan fingerprint density at radius 2 is 1.35 bits per heavy atom. The fourth-order valence-electron chi connectivity index (χ4n) is 1.12. The zero-order valence-corrected chi connectivity index (χ0v) is 13.2. The Hall–Kier alpha value is -0.480. The van der Waals surface area contributed by atoms with Gasteiger partial charge < -0.3 is 26.6 Å². The average Bonchev–Trinajstić information content (AvgIpc) is 2.38. The number of thioether (sulfide) groups is 2. The van der Waals surface area contributed by atoms with E-state index in [1.807, 2.05) is 7.05 Å². The van der Waals surface area contributed by atoms with Gasteiger partial charge in [-0.2, -0.15) is 23.5 Å². The first-order valence-electron chi connectivity index (χ1n) is 6.15. The quantitative estimate of drug-likeness (QED) is 0.341. The van der Waals surface area contributed by atoms with Gasteiger partial charge in [-0.05, 0) is 7.05 Å². The third-order valence-corrected chi connectivity index (χ3v) is 4.60. The van der Waals surface area contributed by atoms with Gasteiger partial charge in [0.25, 0.3) is 0 Å². The summed E-state index contributed by atoms with van der Waals surface area (Å²) >= 11 is 3.03. The molecule has 0 aromatic rings. The first kappa shape index (κ1) is 19.5. The van der Waals surface area contributed by atoms with Crippen molar-refractivity contribution in [1.29, 1.82) is 0 Å². The van der Waals surface area contributed by atoms with Crippen LogP contribution in [0.5, 0.6) is 0 Å². The molecule has 9 heteroatoms. The van der Waals surface area contributed by atoms with Gasteiger partial charge in [0.2, 0.25) is 0 Å². The molecule has 0 amide bonds. The lowest BCUT2D eigenvalue weighted by Gasteiger charge is -2.16. The summed E-state index contributed by atoms with van der Waals surface area (Å²) in [6, 6.07) is -1.61. The van der Waals surface area contributed by atoms with Crippen LogP contribution < -0.4 is 11.5 Å². The van der Waals surface area contributed by atoms with Gasteiger partial charge in [-0.1, -0.05) is 0 Å². The maximum absolute atomic E-state index is 10.5. The summed E-state index contributed by atoms with van der Waals surface area (Å²) in [6.45, 7) is 1.67. The highest BCUT2D eigenvalue weighted by atomic mass is 32.2. The molecule has 0 aliphatic carbocycles. The van der Waals surface area contributed by atoms with E-state index < -0.39 is 24.0 Å². The van der Waals surface area contributed by atoms with E-state index in [-0.39, 0.29) is 0 Å². The van der Waals surface area contributed by atoms with Crippen molar-refractivity contribution in [3.8, 4) is 0 Å². The van der Waals surface area contributed by atoms with Crippen LogP contribution in [0.15, 0.2) is 0 Å². The second kappa shape index (κ2) is 11.2. The predicted molar refractivity (Wildman–Crippen MR) is 83.4 cm³/mol. The number of hydrogen-bond donors (Lipinski definition) is 4. The molecule has 0 aliphatic heterocycles. The molecule has 0 aromatic carbocycles. The van der Waals surface area contributed by atoms with Gasteiger partial charge >= 0.3 is 11.9 Å². The molecular weight excluding hydrogens is 302 g/mol. The van der Waals surface area contributed by atoms with Gasteiger partial charge in [-0.15, -0.1) is 0 Å². The number of aliphatic carboxylic acids is 2. The summed E-state index contributed by atoms with van der Waals surface area (Å²) in [5.41, 5.74) is 10.8. The van der Waals surface area contributed by atoms with Crippen LogP contribution in [-0.2, 0) is 9.59 Å². The van der Waals surface area contributed by atoms with Crippen molar-refractivity contribution >= 4 is 35.5 Å². The molecule has 0 radical (unpaired) electrons. The van der Waals surface area contributed by atoms with Crippen LogP contribution in [0.3, 0.4) is 0 Å². The Labute approximate surface area is 127 Å². The summed E-state index contributed by atoms with van der Waals surface area (Å²) in [5, 5.41) is 17.2. The van der Waals surface area contributed by atoms with Crippen molar-refractivity contribution in [2.75, 3.05) is 43.1 Å². The number of rotatable bonds is 12. The monoisotopic (exact) mass is 325 g/mol. The molecule has 0 fully saturated rings. The van der Waals surface area contributed by atoms with Crippen molar-refractivity contribution in [2.45, 2.75) is 12.1 Å². The molecule has 0 spiro atoms. The number of nitrogens with two attached hydrogens (primary N) is 2. The predicted octanol–water partition coefficient (Wildman–Crippen LogP) is -0.792. The van der Waals surface area contributed by atoms with Crippen LogP contribution in [0.1, 0.15) is 0 Å². The minimum absolute atomic E-state index is 0.408. The second-order valence-corrected chi connectivity index (χ2v) is 6.64. The number of carbonyl (C=O) groups is 2. The molecule has 0 aliphatic rings. The molecule has 0 saturated heterocycles. The molecule has 0 bridgehead atoms. The van der Waals surface area contributed by atoms with Crippen molar-refractivity contribution in [3.63, 3.8) is 0 Å². The van der Waals surface area contributed by atoms with E-state index in [1.165, 1.54) is 23.5 Å². The summed E-state index contributed by atoms with van der Waals surface area (Å²) < 4.78 is 0. The van der Waals surface area contributed by atoms with E-state index in [0.29, 0.717) is 11.5 Å². The molecule has 0 heterocycles. The number of carboxylic acids is 2. The topological polar surface area (TPSA) is 130 Å². The van der Waals surface area contributed by atoms with Crippen molar-refractivity contribution in [3.05, 3.63) is 0 Å². The third-order valence-electron chi connectivity index (χ3n) is 2.46. The SMILES string of the molecule is CN(CCSCC(N)C(=O)O)CCSCC(N)C(=O)O. The van der Waals surface area contributed by atoms with Gasteiger partial charge in [0.15, 0.2) is 0 Å². The van der Waals surface area contributed by atoms with Crippen LogP contribution >= 0.6 is 23.5 Å². The van der Waals surface area contributed by atoms with Crippen LogP contribution in [0.25, 0.3) is 0 Å². The molecule has 20 heavy (non-hydrogen) atoms. The number of nitrogens with zero attached hydrogens (tertiary/aromatic N) is 1. The molecule has 2 unspecified atom stereocenters. The lowest BCUT2D eigenvalue weighted by atomic mass is 10.4. The zero-order chi connectivity index (χ0) is 15.5. The summed E-state index contributed by atoms with van der Waals surface area (Å²) in [4.78, 5) is 23.1. The number of carboxylic acid groups (broad SMARTS) is 2. The molecular formula is C11H23N3O4S2. The molecule has 118 valence electrons. The molecule has 0 rings (SSSR count). The number of hydrogen-bond acceptors (Lipinski definition) is 7. The van der Waals surface area contributed by atoms with E-state index in [4.69, 9.17) is 21.7 Å². The normalized spacial score (nSPS) is 14.2. The highest BCUT2D eigenvalue weighted by Crippen LogP contribution is 2.05. The maximum atomic E-state index is 10.5. The van der Waals surface area contributed by atoms with Gasteiger partial charge in [-0.25, -0.2) is 0 Å². The van der Waals surface area contributed by atoms with Gasteiger partial charge in [0.05, 0.1) is 0 Å². The average molecular weight is 325 g/mol. The van der Waals surface area contributed by atoms with Gasteiger partial charge in [-0.3, -0.25) is 9.59 Å². The van der Waals surface area contributed by atoms with Crippen molar-refractivity contribution < 1.29 is 19.8 Å². The summed E-state index contributed by atoms with van der Waals surface area (Å²) in [7, 11) is 1.97. The highest BCUT2D eigenvalue weighted by molar-refractivity contribution is 7.99. The smallest absolute Gasteiger partial charge is 0.321 e. The minimum Gasteiger partial charge on any atom is -0.480 e. The van der Waals surface area contributed by atoms with E-state index in [1.54, 1.807) is 0 Å². The van der Waals surface area contributed by atoms with Crippen molar-refractivity contribution in [2.24, 2.45) is 11.5 Å². The standard InChI is InChI=1S/C11H23N3O4S2/c1-14(2-4-19-6-8(12)10(15)16)3-5-20-7-9(13)11(17)18/h8-9H,2-7,12-13H2,1H3,(H,15,16)(H,17,18). The first-order chi connectivity index (χ1) is 9.34. The zero-order valence-electron chi connectivity index (χ0n) is 11.5. The Bertz CT molecular complexity index is 279. The maximum Gasteiger partial charge on any atom is 0.321 e. The highest BCUT2D eigenvalue weighted by Gasteiger charge is 2.12. The largest absolute Gasteiger partial charge is 0.480 e. The van der Waals surface area contributed by atoms with Crippen LogP contribution in [0.2, 0.25) is 0 Å². The molecule has 6 N–H and O–H groups in total. The van der Waals surface area contributed by atoms with Gasteiger partial charge in [0, 0.05) is 36.1 Å². The molecule has 2 atom stereocenters. The third kappa shape index (κ3) is 10.3. The Kier molecular flexibility index (Phi) is 10.9. The Morgan fingerprint density at radius 1 is 1.00 bits per heavy atom. The van der Waals surface area contributed by atoms with E-state index >= 15 is 0 Å². The van der Waals surface area contributed by atoms with Gasteiger partial charge in [0.1, 0.15) is 12.1 Å². The van der Waals surface area contributed by atoms with Crippen LogP contribution in [0, 0.1) is 0 Å². The molecule has 0 saturated carbocycles. The fraction of sp³-hybridized carbons (Fsp3) is 0.818. The van der Waals surface area contributed by atoms with E-state index in [9.17, 15) is 9.59 Å². The van der Waals surface area contributed by atoms with E-state index in [0.717, 1.165) is 24.6 Å². The summed E-state index contributed by atoms with van der Waals surface area (Å²) in [6.07, 6.45) is 0. The van der Waals surface area contributed by atoms with E-state index in [2.05, 4.69) is 4.90 Å². The lowest BCUT2D eigenvalue weighted by Crippen LogP contribution is -2.33. The van der Waals surface area contributed by atoms with Crippen LogP contribution in [-0.4, -0.2) is 82.3 Å². The molecule has 0 aromatic heterocycles. The van der Waals surface area contributed by atoms with Crippen molar-refractivity contribution in [1.82, 2.24) is 4.90 Å². The fourth-order valence-corrected chi connectivity index (χ4v) is 3.12. The second-order valence-electron chi connectivity index (χ2n) is 4.34. The lowest BCUT2D eigenvalue weighted by molar-refractivity contribution is -0.138. The summed E-state index contributed by atoms with van der Waals surface area (Å²) in [5.74, 6) is 0.499. The Morgan fingerprint density at radius 3 is 1.65 bits per heavy atom. The molecule has 7 nitrogen and oxygen atoms in total.